The van der Waals surface area contributed by atoms with E-state index in [2.05, 4.69) is 0 Å². The molecule has 1 fully saturated rings. The second-order valence-electron chi connectivity index (χ2n) is 4.97. The van der Waals surface area contributed by atoms with Crippen LogP contribution in [0.3, 0.4) is 0 Å². The summed E-state index contributed by atoms with van der Waals surface area (Å²) >= 11 is 0. The van der Waals surface area contributed by atoms with Crippen molar-refractivity contribution >= 4 is 5.91 Å². The largest absolute Gasteiger partial charge is 0.340 e. The summed E-state index contributed by atoms with van der Waals surface area (Å²) in [6.07, 6.45) is -1.22. The first kappa shape index (κ1) is 15.3. The first-order chi connectivity index (χ1) is 8.43. The van der Waals surface area contributed by atoms with Gasteiger partial charge in [-0.05, 0) is 13.3 Å². The van der Waals surface area contributed by atoms with Crippen molar-refractivity contribution in [3.05, 3.63) is 0 Å². The molecule has 0 saturated carbocycles. The fourth-order valence-electron chi connectivity index (χ4n) is 2.33. The van der Waals surface area contributed by atoms with Gasteiger partial charge in [0.2, 0.25) is 5.91 Å². The van der Waals surface area contributed by atoms with Gasteiger partial charge in [-0.3, -0.25) is 9.69 Å². The van der Waals surface area contributed by atoms with Gasteiger partial charge >= 0.3 is 0 Å². The molecule has 106 valence electrons. The normalized spacial score (nSPS) is 23.4. The maximum absolute atomic E-state index is 12.4. The fourth-order valence-corrected chi connectivity index (χ4v) is 2.33. The molecule has 0 spiro atoms. The molecule has 4 nitrogen and oxygen atoms in total. The van der Waals surface area contributed by atoms with Crippen LogP contribution in [0.15, 0.2) is 0 Å². The molecular weight excluding hydrogens is 240 g/mol. The lowest BCUT2D eigenvalue weighted by molar-refractivity contribution is -0.134. The van der Waals surface area contributed by atoms with Crippen LogP contribution >= 0.6 is 0 Å². The summed E-state index contributed by atoms with van der Waals surface area (Å²) in [6.45, 7) is 5.13. The average molecular weight is 263 g/mol. The zero-order valence-corrected chi connectivity index (χ0v) is 11.1. The number of nitrogens with two attached hydrogens (primary N) is 1. The smallest absolute Gasteiger partial charge is 0.251 e. The van der Waals surface area contributed by atoms with E-state index in [1.807, 2.05) is 6.92 Å². The molecule has 1 rings (SSSR count). The van der Waals surface area contributed by atoms with Crippen molar-refractivity contribution in [2.75, 3.05) is 26.2 Å². The van der Waals surface area contributed by atoms with Gasteiger partial charge in [0.1, 0.15) is 0 Å². The van der Waals surface area contributed by atoms with Gasteiger partial charge in [-0.1, -0.05) is 6.92 Å². The highest BCUT2D eigenvalue weighted by atomic mass is 19.3. The van der Waals surface area contributed by atoms with E-state index < -0.39 is 6.43 Å². The van der Waals surface area contributed by atoms with Crippen molar-refractivity contribution in [2.45, 2.75) is 45.2 Å². The molecule has 1 heterocycles. The minimum atomic E-state index is -2.31. The number of amides is 1. The van der Waals surface area contributed by atoms with Crippen LogP contribution in [0.4, 0.5) is 8.78 Å². The maximum atomic E-state index is 12.4. The second kappa shape index (κ2) is 6.99. The van der Waals surface area contributed by atoms with Crippen LogP contribution < -0.4 is 5.73 Å². The summed E-state index contributed by atoms with van der Waals surface area (Å²) < 4.78 is 24.8. The van der Waals surface area contributed by atoms with Gasteiger partial charge in [0, 0.05) is 38.1 Å². The van der Waals surface area contributed by atoms with E-state index in [4.69, 9.17) is 5.73 Å². The number of carbonyl (C=O) groups excluding carboxylic acids is 1. The summed E-state index contributed by atoms with van der Waals surface area (Å²) in [5.74, 6) is 0.0279. The highest BCUT2D eigenvalue weighted by Gasteiger charge is 2.29. The Balaban J connectivity index is 2.52. The van der Waals surface area contributed by atoms with Gasteiger partial charge in [-0.15, -0.1) is 0 Å². The van der Waals surface area contributed by atoms with Crippen molar-refractivity contribution < 1.29 is 13.6 Å². The highest BCUT2D eigenvalue weighted by Crippen LogP contribution is 2.15. The van der Waals surface area contributed by atoms with Gasteiger partial charge in [0.15, 0.2) is 0 Å². The molecule has 0 bridgehead atoms. The summed E-state index contributed by atoms with van der Waals surface area (Å²) in [5.41, 5.74) is 5.60. The number of alkyl halides is 2. The SMILES string of the molecule is CCC1CN(C(=O)CC(C)N)CCN1CC(F)F. The van der Waals surface area contributed by atoms with Crippen molar-refractivity contribution in [3.63, 3.8) is 0 Å². The Morgan fingerprint density at radius 3 is 2.61 bits per heavy atom. The van der Waals surface area contributed by atoms with Crippen LogP contribution in [0, 0.1) is 0 Å². The van der Waals surface area contributed by atoms with Gasteiger partial charge in [0.05, 0.1) is 6.54 Å². The minimum absolute atomic E-state index is 0.0279. The van der Waals surface area contributed by atoms with E-state index >= 15 is 0 Å². The van der Waals surface area contributed by atoms with Crippen molar-refractivity contribution in [1.29, 1.82) is 0 Å². The highest BCUT2D eigenvalue weighted by molar-refractivity contribution is 5.76. The molecule has 1 amide bonds. The maximum Gasteiger partial charge on any atom is 0.251 e. The monoisotopic (exact) mass is 263 g/mol. The van der Waals surface area contributed by atoms with Crippen LogP contribution in [0.1, 0.15) is 26.7 Å². The molecule has 6 heteroatoms. The molecule has 0 aromatic heterocycles. The third-order valence-electron chi connectivity index (χ3n) is 3.30. The molecule has 2 unspecified atom stereocenters. The number of piperazine rings is 1. The number of hydrogen-bond acceptors (Lipinski definition) is 3. The zero-order chi connectivity index (χ0) is 13.7. The Labute approximate surface area is 107 Å². The van der Waals surface area contributed by atoms with Crippen LogP contribution in [0.25, 0.3) is 0 Å². The summed E-state index contributed by atoms with van der Waals surface area (Å²) in [6, 6.07) is -0.124. The lowest BCUT2D eigenvalue weighted by Crippen LogP contribution is -2.55. The van der Waals surface area contributed by atoms with Gasteiger partial charge in [-0.25, -0.2) is 8.78 Å². The van der Waals surface area contributed by atoms with E-state index in [-0.39, 0.29) is 24.5 Å². The first-order valence-corrected chi connectivity index (χ1v) is 6.49. The van der Waals surface area contributed by atoms with Crippen LogP contribution in [-0.4, -0.2) is 60.4 Å². The van der Waals surface area contributed by atoms with Crippen molar-refractivity contribution in [2.24, 2.45) is 5.73 Å². The second-order valence-corrected chi connectivity index (χ2v) is 4.97. The van der Waals surface area contributed by atoms with E-state index in [0.29, 0.717) is 26.1 Å². The molecule has 0 aliphatic carbocycles. The van der Waals surface area contributed by atoms with Gasteiger partial charge in [0.25, 0.3) is 6.43 Å². The van der Waals surface area contributed by atoms with Crippen molar-refractivity contribution in [1.82, 2.24) is 9.80 Å². The Bertz CT molecular complexity index is 274. The molecule has 1 aliphatic heterocycles. The third-order valence-corrected chi connectivity index (χ3v) is 3.30. The molecule has 18 heavy (non-hydrogen) atoms. The Morgan fingerprint density at radius 1 is 1.44 bits per heavy atom. The van der Waals surface area contributed by atoms with Crippen molar-refractivity contribution in [3.8, 4) is 0 Å². The van der Waals surface area contributed by atoms with E-state index in [9.17, 15) is 13.6 Å². The molecule has 1 aliphatic rings. The number of hydrogen-bond donors (Lipinski definition) is 1. The lowest BCUT2D eigenvalue weighted by atomic mass is 10.1. The van der Waals surface area contributed by atoms with Gasteiger partial charge < -0.3 is 10.6 Å². The zero-order valence-electron chi connectivity index (χ0n) is 11.1. The summed E-state index contributed by atoms with van der Waals surface area (Å²) in [7, 11) is 0. The average Bonchev–Trinajstić information content (AvgIpc) is 2.27. The minimum Gasteiger partial charge on any atom is -0.340 e. The molecule has 0 aromatic rings. The molecule has 0 radical (unpaired) electrons. The Kier molecular flexibility index (Phi) is 5.95. The Hall–Kier alpha value is -0.750. The summed E-state index contributed by atoms with van der Waals surface area (Å²) in [5, 5.41) is 0. The number of rotatable bonds is 5. The molecular formula is C12H23F2N3O. The van der Waals surface area contributed by atoms with E-state index in [0.717, 1.165) is 6.42 Å². The van der Waals surface area contributed by atoms with Gasteiger partial charge in [-0.2, -0.15) is 0 Å². The topological polar surface area (TPSA) is 49.6 Å². The van der Waals surface area contributed by atoms with E-state index in [1.54, 1.807) is 16.7 Å². The number of nitrogens with zero attached hydrogens (tertiary/aromatic N) is 2. The first-order valence-electron chi connectivity index (χ1n) is 6.49. The van der Waals surface area contributed by atoms with Crippen LogP contribution in [0.5, 0.6) is 0 Å². The third kappa shape index (κ3) is 4.49. The molecule has 0 aromatic carbocycles. The standard InChI is InChI=1S/C12H23F2N3O/c1-3-10-7-17(12(18)6-9(2)15)5-4-16(10)8-11(13)14/h9-11H,3-8,15H2,1-2H3. The predicted molar refractivity (Wildman–Crippen MR) is 66.5 cm³/mol. The number of carbonyl (C=O) groups is 1. The quantitative estimate of drug-likeness (QED) is 0.802. The molecule has 2 atom stereocenters. The number of halogens is 2. The Morgan fingerprint density at radius 2 is 2.11 bits per heavy atom. The summed E-state index contributed by atoms with van der Waals surface area (Å²) in [4.78, 5) is 15.4. The molecule has 1 saturated heterocycles. The van der Waals surface area contributed by atoms with E-state index in [1.165, 1.54) is 0 Å². The fraction of sp³-hybridized carbons (Fsp3) is 0.917. The van der Waals surface area contributed by atoms with Crippen LogP contribution in [0.2, 0.25) is 0 Å². The molecule has 2 N–H and O–H groups in total. The predicted octanol–water partition coefficient (Wildman–Crippen LogP) is 0.912. The van der Waals surface area contributed by atoms with Crippen LogP contribution in [-0.2, 0) is 4.79 Å². The lowest BCUT2D eigenvalue weighted by Gasteiger charge is -2.41.